The molecule has 2 aromatic rings. The minimum atomic E-state index is -0.614. The summed E-state index contributed by atoms with van der Waals surface area (Å²) < 4.78 is 27.9. The maximum atomic E-state index is 14.1. The van der Waals surface area contributed by atoms with Crippen molar-refractivity contribution >= 4 is 28.9 Å². The molecule has 0 aromatic heterocycles. The Morgan fingerprint density at radius 3 is 2.43 bits per heavy atom. The average Bonchev–Trinajstić information content (AvgIpc) is 2.47. The molecule has 0 fully saturated rings. The van der Waals surface area contributed by atoms with E-state index in [2.05, 4.69) is 5.32 Å². The molecule has 1 nitrogen and oxygen atoms in total. The second kappa shape index (κ2) is 6.63. The molecule has 0 saturated heterocycles. The Hall–Kier alpha value is -1.32. The number of nitrogens with one attached hydrogen (secondary N) is 1. The highest BCUT2D eigenvalue weighted by Gasteiger charge is 2.17. The Balaban J connectivity index is 2.35. The Bertz CT molecular complexity index is 659. The van der Waals surface area contributed by atoms with E-state index in [0.717, 1.165) is 5.56 Å². The van der Waals surface area contributed by atoms with Crippen molar-refractivity contribution in [1.29, 1.82) is 0 Å². The van der Waals surface area contributed by atoms with Gasteiger partial charge in [0.15, 0.2) is 5.82 Å². The topological polar surface area (TPSA) is 12.0 Å². The summed E-state index contributed by atoms with van der Waals surface area (Å²) in [7, 11) is 0. The van der Waals surface area contributed by atoms with Crippen LogP contribution in [0.15, 0.2) is 30.3 Å². The first-order chi connectivity index (χ1) is 9.93. The van der Waals surface area contributed by atoms with Gasteiger partial charge in [-0.1, -0.05) is 42.3 Å². The largest absolute Gasteiger partial charge is 0.373 e. The van der Waals surface area contributed by atoms with Gasteiger partial charge in [0, 0.05) is 0 Å². The van der Waals surface area contributed by atoms with Crippen molar-refractivity contribution < 1.29 is 8.78 Å². The second-order valence-electron chi connectivity index (χ2n) is 4.83. The third-order valence-electron chi connectivity index (χ3n) is 3.36. The lowest BCUT2D eigenvalue weighted by Crippen LogP contribution is -2.12. The minimum absolute atomic E-state index is 0.118. The van der Waals surface area contributed by atoms with Crippen molar-refractivity contribution in [2.45, 2.75) is 26.3 Å². The van der Waals surface area contributed by atoms with Gasteiger partial charge in [0.1, 0.15) is 11.5 Å². The van der Waals surface area contributed by atoms with Gasteiger partial charge in [-0.05, 0) is 42.7 Å². The molecule has 2 rings (SSSR count). The van der Waals surface area contributed by atoms with Crippen LogP contribution >= 0.6 is 23.2 Å². The van der Waals surface area contributed by atoms with Gasteiger partial charge in [-0.25, -0.2) is 8.78 Å². The highest BCUT2D eigenvalue weighted by Crippen LogP contribution is 2.31. The van der Waals surface area contributed by atoms with Gasteiger partial charge in [-0.3, -0.25) is 0 Å². The summed E-state index contributed by atoms with van der Waals surface area (Å²) in [6.45, 7) is 3.52. The van der Waals surface area contributed by atoms with Crippen LogP contribution in [-0.2, 0) is 0 Å². The number of benzene rings is 2. The summed E-state index contributed by atoms with van der Waals surface area (Å²) in [6.07, 6.45) is 0.644. The third-order valence-corrected chi connectivity index (χ3v) is 4.10. The van der Waals surface area contributed by atoms with Crippen molar-refractivity contribution in [3.8, 4) is 0 Å². The fraction of sp³-hybridized carbons (Fsp3) is 0.250. The fourth-order valence-electron chi connectivity index (χ4n) is 2.11. The minimum Gasteiger partial charge on any atom is -0.373 e. The summed E-state index contributed by atoms with van der Waals surface area (Å²) in [5.41, 5.74) is 1.10. The van der Waals surface area contributed by atoms with Crippen molar-refractivity contribution in [2.75, 3.05) is 5.32 Å². The number of hydrogen-bond donors (Lipinski definition) is 1. The molecule has 0 spiro atoms. The molecule has 1 atom stereocenters. The van der Waals surface area contributed by atoms with E-state index in [-0.39, 0.29) is 11.7 Å². The predicted molar refractivity (Wildman–Crippen MR) is 84.2 cm³/mol. The molecule has 1 unspecified atom stereocenters. The smallest absolute Gasteiger partial charge is 0.152 e. The lowest BCUT2D eigenvalue weighted by Gasteiger charge is -2.20. The van der Waals surface area contributed by atoms with Crippen LogP contribution in [0.5, 0.6) is 0 Å². The van der Waals surface area contributed by atoms with Gasteiger partial charge in [0.05, 0.1) is 16.1 Å². The van der Waals surface area contributed by atoms with Crippen molar-refractivity contribution in [2.24, 2.45) is 0 Å². The van der Waals surface area contributed by atoms with Crippen LogP contribution in [0.3, 0.4) is 0 Å². The second-order valence-corrected chi connectivity index (χ2v) is 5.65. The zero-order chi connectivity index (χ0) is 15.6. The van der Waals surface area contributed by atoms with Gasteiger partial charge in [-0.15, -0.1) is 0 Å². The molecule has 21 heavy (non-hydrogen) atoms. The molecule has 5 heteroatoms. The molecule has 1 N–H and O–H groups in total. The van der Waals surface area contributed by atoms with Gasteiger partial charge >= 0.3 is 0 Å². The zero-order valence-electron chi connectivity index (χ0n) is 11.7. The van der Waals surface area contributed by atoms with Crippen molar-refractivity contribution in [3.05, 3.63) is 63.1 Å². The molecule has 0 amide bonds. The van der Waals surface area contributed by atoms with E-state index in [4.69, 9.17) is 23.2 Å². The first kappa shape index (κ1) is 16.1. The lowest BCUT2D eigenvalue weighted by molar-refractivity contribution is 0.575. The summed E-state index contributed by atoms with van der Waals surface area (Å²) in [6, 6.07) is 7.58. The molecule has 0 radical (unpaired) electrons. The molecular formula is C16H15Cl2F2N. The summed E-state index contributed by atoms with van der Waals surface area (Å²) >= 11 is 11.9. The van der Waals surface area contributed by atoms with Crippen LogP contribution in [0.1, 0.15) is 30.5 Å². The normalized spacial score (nSPS) is 12.3. The van der Waals surface area contributed by atoms with Crippen molar-refractivity contribution in [3.63, 3.8) is 0 Å². The average molecular weight is 330 g/mol. The monoisotopic (exact) mass is 329 g/mol. The highest BCUT2D eigenvalue weighted by molar-refractivity contribution is 6.42. The van der Waals surface area contributed by atoms with E-state index in [0.29, 0.717) is 22.0 Å². The maximum Gasteiger partial charge on any atom is 0.152 e. The number of hydrogen-bond acceptors (Lipinski definition) is 1. The van der Waals surface area contributed by atoms with E-state index < -0.39 is 11.6 Å². The molecule has 2 aromatic carbocycles. The van der Waals surface area contributed by atoms with E-state index >= 15 is 0 Å². The Morgan fingerprint density at radius 2 is 1.81 bits per heavy atom. The van der Waals surface area contributed by atoms with Crippen LogP contribution in [-0.4, -0.2) is 0 Å². The molecule has 112 valence electrons. The number of aryl methyl sites for hydroxylation is 1. The first-order valence-corrected chi connectivity index (χ1v) is 7.35. The van der Waals surface area contributed by atoms with Gasteiger partial charge in [-0.2, -0.15) is 0 Å². The zero-order valence-corrected chi connectivity index (χ0v) is 13.2. The van der Waals surface area contributed by atoms with Crippen LogP contribution in [0, 0.1) is 18.6 Å². The van der Waals surface area contributed by atoms with Crippen molar-refractivity contribution in [1.82, 2.24) is 0 Å². The molecule has 0 aliphatic rings. The molecule has 0 aliphatic heterocycles. The lowest BCUT2D eigenvalue weighted by atomic mass is 10.0. The fourth-order valence-corrected chi connectivity index (χ4v) is 2.42. The molecule has 0 aliphatic carbocycles. The van der Waals surface area contributed by atoms with Gasteiger partial charge in [0.2, 0.25) is 0 Å². The first-order valence-electron chi connectivity index (χ1n) is 6.60. The standard InChI is InChI=1S/C16H15Cl2F2N/c1-3-14(10-5-6-11(17)12(18)8-10)21-16-13(19)7-4-9(2)15(16)20/h4-8,14,21H,3H2,1-2H3. The summed E-state index contributed by atoms with van der Waals surface area (Å²) in [5.74, 6) is -1.19. The van der Waals surface area contributed by atoms with E-state index in [9.17, 15) is 8.78 Å². The molecule has 0 bridgehead atoms. The van der Waals surface area contributed by atoms with Crippen LogP contribution in [0.25, 0.3) is 0 Å². The van der Waals surface area contributed by atoms with Crippen LogP contribution < -0.4 is 5.32 Å². The molecule has 0 heterocycles. The summed E-state index contributed by atoms with van der Waals surface area (Å²) in [5, 5.41) is 3.78. The maximum absolute atomic E-state index is 14.1. The number of rotatable bonds is 4. The van der Waals surface area contributed by atoms with Crippen LogP contribution in [0.2, 0.25) is 10.0 Å². The Labute approximate surface area is 132 Å². The number of halogens is 4. The van der Waals surface area contributed by atoms with Gasteiger partial charge < -0.3 is 5.32 Å². The van der Waals surface area contributed by atoms with Crippen LogP contribution in [0.4, 0.5) is 14.5 Å². The number of anilines is 1. The Kier molecular flexibility index (Phi) is 5.07. The van der Waals surface area contributed by atoms with Gasteiger partial charge in [0.25, 0.3) is 0 Å². The van der Waals surface area contributed by atoms with E-state index in [1.807, 2.05) is 6.92 Å². The molecular weight excluding hydrogens is 315 g/mol. The summed E-state index contributed by atoms with van der Waals surface area (Å²) in [4.78, 5) is 0. The van der Waals surface area contributed by atoms with E-state index in [1.165, 1.54) is 12.1 Å². The Morgan fingerprint density at radius 1 is 1.10 bits per heavy atom. The quantitative estimate of drug-likeness (QED) is 0.709. The SMILES string of the molecule is CCC(Nc1c(F)ccc(C)c1F)c1ccc(Cl)c(Cl)c1. The molecule has 0 saturated carbocycles. The van der Waals surface area contributed by atoms with E-state index in [1.54, 1.807) is 25.1 Å². The highest BCUT2D eigenvalue weighted by atomic mass is 35.5. The predicted octanol–water partition coefficient (Wildman–Crippen LogP) is 6.14. The third kappa shape index (κ3) is 3.47.